The smallest absolute Gasteiger partial charge is 0.222 e. The molecule has 1 unspecified atom stereocenters. The van der Waals surface area contributed by atoms with Crippen LogP contribution >= 0.6 is 11.3 Å². The van der Waals surface area contributed by atoms with Crippen molar-refractivity contribution in [2.24, 2.45) is 11.7 Å². The number of thiophene rings is 1. The average molecular weight is 394 g/mol. The summed E-state index contributed by atoms with van der Waals surface area (Å²) in [5.74, 6) is 1.34. The van der Waals surface area contributed by atoms with E-state index in [1.165, 1.54) is 28.7 Å². The molecule has 0 spiro atoms. The number of nitrogens with zero attached hydrogens (tertiary/aromatic N) is 4. The molecule has 3 aromatic rings. The predicted octanol–water partition coefficient (Wildman–Crippen LogP) is 3.33. The summed E-state index contributed by atoms with van der Waals surface area (Å²) in [7, 11) is 0. The predicted molar refractivity (Wildman–Crippen MR) is 111 cm³/mol. The number of amides is 1. The number of piperidine rings is 1. The normalized spacial score (nSPS) is 19.6. The number of primary amides is 1. The molecule has 0 radical (unpaired) electrons. The van der Waals surface area contributed by atoms with Crippen molar-refractivity contribution in [3.8, 4) is 11.4 Å². The first kappa shape index (κ1) is 17.6. The van der Waals surface area contributed by atoms with Crippen LogP contribution in [0.3, 0.4) is 0 Å². The third kappa shape index (κ3) is 3.03. The number of hydrogen-bond donors (Lipinski definition) is 1. The van der Waals surface area contributed by atoms with Gasteiger partial charge in [-0.05, 0) is 56.2 Å². The molecule has 0 aromatic carbocycles. The molecule has 3 aromatic heterocycles. The van der Waals surface area contributed by atoms with Crippen LogP contribution in [0, 0.1) is 5.92 Å². The van der Waals surface area contributed by atoms with Gasteiger partial charge in [-0.3, -0.25) is 9.78 Å². The first-order valence-corrected chi connectivity index (χ1v) is 10.8. The third-order valence-electron chi connectivity index (χ3n) is 5.84. The van der Waals surface area contributed by atoms with Crippen LogP contribution in [-0.4, -0.2) is 33.9 Å². The summed E-state index contributed by atoms with van der Waals surface area (Å²) in [5, 5.41) is 1.19. The molecule has 5 rings (SSSR count). The number of fused-ring (bicyclic) bond motifs is 3. The Morgan fingerprint density at radius 2 is 2.11 bits per heavy atom. The van der Waals surface area contributed by atoms with Crippen molar-refractivity contribution in [2.45, 2.75) is 38.5 Å². The molecule has 2 aliphatic rings. The average Bonchev–Trinajstić information content (AvgIpc) is 3.12. The Bertz CT molecular complexity index is 1030. The molecule has 2 N–H and O–H groups in total. The van der Waals surface area contributed by atoms with Gasteiger partial charge in [-0.2, -0.15) is 0 Å². The SMILES string of the molecule is NC(=O)C1CCCN(c2nc(-c3cccnc3)nc3sc4c(c23)CCCC4)C1. The fourth-order valence-corrected chi connectivity index (χ4v) is 5.65. The molecule has 1 saturated heterocycles. The Morgan fingerprint density at radius 1 is 1.21 bits per heavy atom. The van der Waals surface area contributed by atoms with Gasteiger partial charge in [-0.25, -0.2) is 9.97 Å². The van der Waals surface area contributed by atoms with E-state index in [0.717, 1.165) is 48.4 Å². The van der Waals surface area contributed by atoms with Gasteiger partial charge in [0.2, 0.25) is 5.91 Å². The summed E-state index contributed by atoms with van der Waals surface area (Å²) < 4.78 is 0. The van der Waals surface area contributed by atoms with Gasteiger partial charge in [0.1, 0.15) is 10.6 Å². The molecule has 6 nitrogen and oxygen atoms in total. The number of aromatic nitrogens is 3. The maximum atomic E-state index is 11.8. The number of aryl methyl sites for hydroxylation is 2. The zero-order valence-electron chi connectivity index (χ0n) is 15.7. The Hall–Kier alpha value is -2.54. The van der Waals surface area contributed by atoms with Crippen molar-refractivity contribution < 1.29 is 4.79 Å². The lowest BCUT2D eigenvalue weighted by Crippen LogP contribution is -2.41. The van der Waals surface area contributed by atoms with Crippen LogP contribution in [0.5, 0.6) is 0 Å². The molecule has 0 bridgehead atoms. The number of hydrogen-bond acceptors (Lipinski definition) is 6. The molecule has 1 aliphatic heterocycles. The van der Waals surface area contributed by atoms with Crippen LogP contribution in [0.1, 0.15) is 36.1 Å². The molecule has 4 heterocycles. The molecule has 7 heteroatoms. The van der Waals surface area contributed by atoms with Crippen molar-refractivity contribution in [3.63, 3.8) is 0 Å². The van der Waals surface area contributed by atoms with E-state index in [-0.39, 0.29) is 11.8 Å². The van der Waals surface area contributed by atoms with Crippen LogP contribution in [0.25, 0.3) is 21.6 Å². The van der Waals surface area contributed by atoms with E-state index in [1.54, 1.807) is 23.7 Å². The van der Waals surface area contributed by atoms with Crippen molar-refractivity contribution in [3.05, 3.63) is 35.0 Å². The van der Waals surface area contributed by atoms with E-state index < -0.39 is 0 Å². The minimum absolute atomic E-state index is 0.116. The van der Waals surface area contributed by atoms with Crippen LogP contribution in [0.2, 0.25) is 0 Å². The van der Waals surface area contributed by atoms with E-state index in [9.17, 15) is 4.79 Å². The summed E-state index contributed by atoms with van der Waals surface area (Å²) in [6, 6.07) is 3.90. The number of anilines is 1. The zero-order valence-corrected chi connectivity index (χ0v) is 16.5. The maximum absolute atomic E-state index is 11.8. The van der Waals surface area contributed by atoms with Gasteiger partial charge in [0.05, 0.1) is 11.3 Å². The largest absolute Gasteiger partial charge is 0.369 e. The quantitative estimate of drug-likeness (QED) is 0.738. The van der Waals surface area contributed by atoms with Crippen LogP contribution in [-0.2, 0) is 17.6 Å². The standard InChI is InChI=1S/C21H23N5OS/c22-18(27)14-6-4-10-26(12-14)20-17-15-7-1-2-8-16(15)28-21(17)25-19(24-20)13-5-3-9-23-11-13/h3,5,9,11,14H,1-2,4,6-8,10,12H2,(H2,22,27). The maximum Gasteiger partial charge on any atom is 0.222 e. The van der Waals surface area contributed by atoms with Crippen LogP contribution in [0.4, 0.5) is 5.82 Å². The third-order valence-corrected chi connectivity index (χ3v) is 7.02. The van der Waals surface area contributed by atoms with Gasteiger partial charge < -0.3 is 10.6 Å². The van der Waals surface area contributed by atoms with Gasteiger partial charge >= 0.3 is 0 Å². The highest BCUT2D eigenvalue weighted by molar-refractivity contribution is 7.19. The molecular weight excluding hydrogens is 370 g/mol. The summed E-state index contributed by atoms with van der Waals surface area (Å²) in [4.78, 5) is 30.7. The lowest BCUT2D eigenvalue weighted by molar-refractivity contribution is -0.122. The van der Waals surface area contributed by atoms with E-state index in [1.807, 2.05) is 12.1 Å². The van der Waals surface area contributed by atoms with E-state index in [4.69, 9.17) is 15.7 Å². The summed E-state index contributed by atoms with van der Waals surface area (Å²) >= 11 is 1.80. The fraction of sp³-hybridized carbons (Fsp3) is 0.429. The summed E-state index contributed by atoms with van der Waals surface area (Å²) in [5.41, 5.74) is 7.96. The van der Waals surface area contributed by atoms with Crippen LogP contribution < -0.4 is 10.6 Å². The molecule has 1 aliphatic carbocycles. The zero-order chi connectivity index (χ0) is 19.1. The molecule has 1 atom stereocenters. The second-order valence-electron chi connectivity index (χ2n) is 7.69. The van der Waals surface area contributed by atoms with E-state index in [2.05, 4.69) is 9.88 Å². The van der Waals surface area contributed by atoms with Crippen molar-refractivity contribution in [1.29, 1.82) is 0 Å². The molecule has 144 valence electrons. The summed E-state index contributed by atoms with van der Waals surface area (Å²) in [6.45, 7) is 1.53. The van der Waals surface area contributed by atoms with Crippen LogP contribution in [0.15, 0.2) is 24.5 Å². The number of carbonyl (C=O) groups is 1. The van der Waals surface area contributed by atoms with Gasteiger partial charge in [-0.1, -0.05) is 0 Å². The number of rotatable bonds is 3. The van der Waals surface area contributed by atoms with Gasteiger partial charge in [0.25, 0.3) is 0 Å². The van der Waals surface area contributed by atoms with Gasteiger partial charge in [0, 0.05) is 35.9 Å². The molecular formula is C21H23N5OS. The topological polar surface area (TPSA) is 85.0 Å². The summed E-state index contributed by atoms with van der Waals surface area (Å²) in [6.07, 6.45) is 10.0. The molecule has 1 amide bonds. The second kappa shape index (κ2) is 7.13. The molecule has 1 fully saturated rings. The van der Waals surface area contributed by atoms with Gasteiger partial charge in [0.15, 0.2) is 5.82 Å². The number of pyridine rings is 1. The number of carbonyl (C=O) groups excluding carboxylic acids is 1. The lowest BCUT2D eigenvalue weighted by atomic mass is 9.95. The monoisotopic (exact) mass is 393 g/mol. The first-order chi connectivity index (χ1) is 13.7. The first-order valence-electron chi connectivity index (χ1n) is 9.97. The minimum atomic E-state index is -0.213. The Balaban J connectivity index is 1.68. The van der Waals surface area contributed by atoms with Crippen molar-refractivity contribution >= 4 is 33.3 Å². The number of nitrogens with two attached hydrogens (primary N) is 1. The molecule has 28 heavy (non-hydrogen) atoms. The fourth-order valence-electron chi connectivity index (χ4n) is 4.39. The lowest BCUT2D eigenvalue weighted by Gasteiger charge is -2.33. The highest BCUT2D eigenvalue weighted by atomic mass is 32.1. The molecule has 0 saturated carbocycles. The van der Waals surface area contributed by atoms with E-state index in [0.29, 0.717) is 12.4 Å². The Kier molecular flexibility index (Phi) is 4.47. The van der Waals surface area contributed by atoms with E-state index >= 15 is 0 Å². The highest BCUT2D eigenvalue weighted by Gasteiger charge is 2.29. The van der Waals surface area contributed by atoms with Gasteiger partial charge in [-0.15, -0.1) is 11.3 Å². The second-order valence-corrected chi connectivity index (χ2v) is 8.77. The Morgan fingerprint density at radius 3 is 2.93 bits per heavy atom. The Labute approximate surface area is 167 Å². The van der Waals surface area contributed by atoms with Crippen molar-refractivity contribution in [1.82, 2.24) is 15.0 Å². The minimum Gasteiger partial charge on any atom is -0.369 e. The highest BCUT2D eigenvalue weighted by Crippen LogP contribution is 2.41. The van der Waals surface area contributed by atoms with Crippen molar-refractivity contribution in [2.75, 3.05) is 18.0 Å².